The summed E-state index contributed by atoms with van der Waals surface area (Å²) in [5.41, 5.74) is 18.8. The fraction of sp³-hybridized carbons (Fsp3) is 0.375. The summed E-state index contributed by atoms with van der Waals surface area (Å²) in [6.45, 7) is 4.27. The van der Waals surface area contributed by atoms with Gasteiger partial charge in [0.1, 0.15) is 0 Å². The van der Waals surface area contributed by atoms with Gasteiger partial charge in [0.2, 0.25) is 0 Å². The maximum absolute atomic E-state index is 2.90. The van der Waals surface area contributed by atoms with Crippen LogP contribution in [0.25, 0.3) is 0 Å². The van der Waals surface area contributed by atoms with Crippen LogP contribution in [0.1, 0.15) is 39.5 Å². The Kier molecular flexibility index (Phi) is 19.5. The number of rotatable bonds is 4. The van der Waals surface area contributed by atoms with Crippen molar-refractivity contribution in [3.8, 4) is 0 Å². The summed E-state index contributed by atoms with van der Waals surface area (Å²) in [7, 11) is 0. The summed E-state index contributed by atoms with van der Waals surface area (Å²) in [6.07, 6.45) is 10.2. The van der Waals surface area contributed by atoms with E-state index in [1.807, 2.05) is 0 Å². The van der Waals surface area contributed by atoms with Crippen LogP contribution in [0.4, 0.5) is 0 Å². The fourth-order valence-corrected chi connectivity index (χ4v) is 1.24. The minimum atomic E-state index is 0. The molecule has 0 aromatic heterocycles. The van der Waals surface area contributed by atoms with Crippen molar-refractivity contribution >= 4 is 0 Å². The number of halogens is 2. The Balaban J connectivity index is -0.000000233. The molecule has 0 fully saturated rings. The minimum Gasteiger partial charge on any atom is -1.00 e. The monoisotopic (exact) mass is 456 g/mol. The van der Waals surface area contributed by atoms with E-state index in [2.05, 4.69) is 60.4 Å². The standard InChI is InChI=1S/2C8H7.2ClH.Hf/c2*1-2-5-8-6-3-4-7-8;;;/h2*2,5H2,1H3;2*1H;/q2*-1;;;+4/p-2. The SMILES string of the molecule is CCCC1=C=C=C=[C-]1.CCCC1=C=C=C=[C-]1.[Cl-].[Cl-].[Hf+4]. The molecule has 19 heavy (non-hydrogen) atoms. The summed E-state index contributed by atoms with van der Waals surface area (Å²) in [6, 6.07) is 0. The first-order chi connectivity index (χ1) is 7.86. The minimum absolute atomic E-state index is 0. The normalized spacial score (nSPS) is 10.8. The van der Waals surface area contributed by atoms with Gasteiger partial charge in [-0.2, -0.15) is 0 Å². The second kappa shape index (κ2) is 15.7. The maximum Gasteiger partial charge on any atom is 4.00 e. The van der Waals surface area contributed by atoms with Gasteiger partial charge in [0, 0.05) is 0 Å². The third kappa shape index (κ3) is 11.2. The van der Waals surface area contributed by atoms with E-state index in [0.29, 0.717) is 0 Å². The van der Waals surface area contributed by atoms with Crippen LogP contribution in [0, 0.1) is 12.2 Å². The molecule has 0 radical (unpaired) electrons. The zero-order valence-corrected chi connectivity index (χ0v) is 16.2. The molecular formula is C16H14Cl2Hf. The van der Waals surface area contributed by atoms with Crippen molar-refractivity contribution < 1.29 is 50.7 Å². The van der Waals surface area contributed by atoms with Crippen LogP contribution < -0.4 is 24.8 Å². The molecule has 0 atom stereocenters. The van der Waals surface area contributed by atoms with Crippen LogP contribution in [0.5, 0.6) is 0 Å². The summed E-state index contributed by atoms with van der Waals surface area (Å²) in [5.74, 6) is 0. The van der Waals surface area contributed by atoms with E-state index in [1.54, 1.807) is 0 Å². The van der Waals surface area contributed by atoms with Gasteiger partial charge in [-0.1, -0.05) is 26.7 Å². The molecule has 0 heterocycles. The predicted molar refractivity (Wildman–Crippen MR) is 64.4 cm³/mol. The molecule has 0 unspecified atom stereocenters. The Hall–Kier alpha value is -0.390. The molecule has 2 rings (SSSR count). The Morgan fingerprint density at radius 3 is 1.37 bits per heavy atom. The van der Waals surface area contributed by atoms with Gasteiger partial charge < -0.3 is 24.8 Å². The van der Waals surface area contributed by atoms with Crippen molar-refractivity contribution in [3.63, 3.8) is 0 Å². The molecule has 0 aromatic carbocycles. The fourth-order valence-electron chi connectivity index (χ4n) is 1.24. The van der Waals surface area contributed by atoms with Crippen LogP contribution in [0.3, 0.4) is 0 Å². The molecule has 0 N–H and O–H groups in total. The van der Waals surface area contributed by atoms with Crippen molar-refractivity contribution in [2.24, 2.45) is 0 Å². The van der Waals surface area contributed by atoms with Gasteiger partial charge in [-0.25, -0.2) is 11.5 Å². The van der Waals surface area contributed by atoms with Gasteiger partial charge in [0.15, 0.2) is 0 Å². The molecule has 3 heteroatoms. The number of hydrogen-bond acceptors (Lipinski definition) is 0. The average molecular weight is 456 g/mol. The Morgan fingerprint density at radius 1 is 0.789 bits per heavy atom. The molecule has 0 aromatic rings. The van der Waals surface area contributed by atoms with Crippen molar-refractivity contribution in [2.45, 2.75) is 39.5 Å². The summed E-state index contributed by atoms with van der Waals surface area (Å²) < 4.78 is 0. The Morgan fingerprint density at radius 2 is 1.16 bits per heavy atom. The van der Waals surface area contributed by atoms with E-state index < -0.39 is 0 Å². The van der Waals surface area contributed by atoms with Crippen molar-refractivity contribution in [2.75, 3.05) is 0 Å². The molecular weight excluding hydrogens is 442 g/mol. The quantitative estimate of drug-likeness (QED) is 0.261. The number of hydrogen-bond donors (Lipinski definition) is 0. The summed E-state index contributed by atoms with van der Waals surface area (Å²) in [4.78, 5) is 0. The molecule has 0 spiro atoms. The average Bonchev–Trinajstić information content (AvgIpc) is 2.92. The zero-order valence-electron chi connectivity index (χ0n) is 11.1. The molecule has 2 aliphatic rings. The van der Waals surface area contributed by atoms with Crippen LogP contribution in [-0.4, -0.2) is 0 Å². The molecule has 2 aliphatic carbocycles. The summed E-state index contributed by atoms with van der Waals surface area (Å²) in [5, 5.41) is 0. The van der Waals surface area contributed by atoms with Crippen LogP contribution in [-0.2, 0) is 25.8 Å². The van der Waals surface area contributed by atoms with Gasteiger partial charge in [-0.05, 0) is 12.8 Å². The van der Waals surface area contributed by atoms with Crippen molar-refractivity contribution in [1.82, 2.24) is 0 Å². The molecule has 0 aliphatic heterocycles. The maximum atomic E-state index is 2.90. The predicted octanol–water partition coefficient (Wildman–Crippen LogP) is -2.00. The van der Waals surface area contributed by atoms with E-state index in [-0.39, 0.29) is 50.7 Å². The Labute approximate surface area is 147 Å². The first-order valence-corrected chi connectivity index (χ1v) is 5.62. The van der Waals surface area contributed by atoms with E-state index >= 15 is 0 Å². The van der Waals surface area contributed by atoms with Crippen molar-refractivity contribution in [3.05, 3.63) is 57.7 Å². The van der Waals surface area contributed by atoms with Gasteiger partial charge in [-0.15, -0.1) is 23.3 Å². The largest absolute Gasteiger partial charge is 4.00 e. The van der Waals surface area contributed by atoms with Gasteiger partial charge in [0.05, 0.1) is 0 Å². The van der Waals surface area contributed by atoms with Crippen LogP contribution in [0.2, 0.25) is 0 Å². The topological polar surface area (TPSA) is 0 Å². The third-order valence-corrected chi connectivity index (χ3v) is 1.98. The van der Waals surface area contributed by atoms with Crippen LogP contribution in [0.15, 0.2) is 45.5 Å². The second-order valence-corrected chi connectivity index (χ2v) is 3.46. The molecule has 0 bridgehead atoms. The molecule has 0 nitrogen and oxygen atoms in total. The molecule has 0 amide bonds. The van der Waals surface area contributed by atoms with Gasteiger partial charge in [-0.3, -0.25) is 22.9 Å². The Bertz CT molecular complexity index is 469. The second-order valence-electron chi connectivity index (χ2n) is 3.46. The smallest absolute Gasteiger partial charge is 1.00 e. The van der Waals surface area contributed by atoms with Gasteiger partial charge >= 0.3 is 25.8 Å². The third-order valence-electron chi connectivity index (χ3n) is 1.98. The van der Waals surface area contributed by atoms with E-state index in [4.69, 9.17) is 0 Å². The van der Waals surface area contributed by atoms with E-state index in [9.17, 15) is 0 Å². The first-order valence-electron chi connectivity index (χ1n) is 5.62. The zero-order chi connectivity index (χ0) is 11.6. The van der Waals surface area contributed by atoms with E-state index in [0.717, 1.165) is 36.8 Å². The van der Waals surface area contributed by atoms with Gasteiger partial charge in [0.25, 0.3) is 0 Å². The van der Waals surface area contributed by atoms with E-state index in [1.165, 1.54) is 0 Å². The molecule has 0 saturated heterocycles. The molecule has 0 saturated carbocycles. The summed E-state index contributed by atoms with van der Waals surface area (Å²) >= 11 is 0. The molecule has 96 valence electrons. The van der Waals surface area contributed by atoms with Crippen LogP contribution >= 0.6 is 0 Å². The van der Waals surface area contributed by atoms with Crippen molar-refractivity contribution in [1.29, 1.82) is 0 Å². The number of allylic oxidation sites excluding steroid dienone is 4. The first kappa shape index (κ1) is 23.7.